The summed E-state index contributed by atoms with van der Waals surface area (Å²) in [4.78, 5) is 0. The Morgan fingerprint density at radius 2 is 2.42 bits per heavy atom. The maximum atomic E-state index is 5.64. The Labute approximate surface area is 73.2 Å². The Hall–Kier alpha value is -1.37. The second-order valence-corrected chi connectivity index (χ2v) is 2.56. The van der Waals surface area contributed by atoms with E-state index < -0.39 is 0 Å². The number of aromatic nitrogens is 5. The van der Waals surface area contributed by atoms with Gasteiger partial charge in [-0.3, -0.25) is 0 Å². The van der Waals surface area contributed by atoms with Gasteiger partial charge in [0, 0.05) is 5.75 Å². The molecule has 0 atom stereocenters. The molecule has 2 aromatic rings. The smallest absolute Gasteiger partial charge is 0.222 e. The average molecular weight is 182 g/mol. The monoisotopic (exact) mass is 182 g/mol. The van der Waals surface area contributed by atoms with Crippen LogP contribution < -0.4 is 5.73 Å². The van der Waals surface area contributed by atoms with Crippen molar-refractivity contribution in [3.05, 3.63) is 11.8 Å². The first-order chi connectivity index (χ1) is 5.81. The molecule has 0 aliphatic heterocycles. The minimum atomic E-state index is 0.473. The Balaban J connectivity index is 2.75. The van der Waals surface area contributed by atoms with E-state index in [1.807, 2.05) is 0 Å². The van der Waals surface area contributed by atoms with Gasteiger partial charge in [0.05, 0.1) is 11.4 Å². The van der Waals surface area contributed by atoms with Gasteiger partial charge in [-0.2, -0.15) is 17.7 Å². The van der Waals surface area contributed by atoms with Crippen molar-refractivity contribution in [2.45, 2.75) is 5.75 Å². The number of anilines is 1. The van der Waals surface area contributed by atoms with E-state index in [-0.39, 0.29) is 0 Å². The van der Waals surface area contributed by atoms with E-state index in [4.69, 9.17) is 5.73 Å². The van der Waals surface area contributed by atoms with Crippen LogP contribution in [0.25, 0.3) is 5.65 Å². The van der Waals surface area contributed by atoms with Gasteiger partial charge in [-0.1, -0.05) is 0 Å². The first-order valence-electron chi connectivity index (χ1n) is 3.26. The average Bonchev–Trinajstić information content (AvgIpc) is 2.52. The first kappa shape index (κ1) is 7.29. The summed E-state index contributed by atoms with van der Waals surface area (Å²) in [6, 6.07) is 1.71. The van der Waals surface area contributed by atoms with Crippen LogP contribution in [-0.2, 0) is 5.75 Å². The molecule has 0 aliphatic rings. The standard InChI is InChI=1S/C5H6N6S/c6-4-1-3(2-12)8-11-5(4)7-9-10-11/h1,12H,2,6H2. The van der Waals surface area contributed by atoms with Gasteiger partial charge in [-0.15, -0.1) is 9.73 Å². The minimum Gasteiger partial charge on any atom is -0.396 e. The third-order valence-electron chi connectivity index (χ3n) is 1.42. The quantitative estimate of drug-likeness (QED) is 0.583. The molecule has 0 bridgehead atoms. The van der Waals surface area contributed by atoms with Crippen molar-refractivity contribution in [3.63, 3.8) is 0 Å². The van der Waals surface area contributed by atoms with Crippen LogP contribution in [0.2, 0.25) is 0 Å². The van der Waals surface area contributed by atoms with Gasteiger partial charge in [-0.05, 0) is 16.5 Å². The van der Waals surface area contributed by atoms with E-state index in [0.717, 1.165) is 5.69 Å². The Morgan fingerprint density at radius 3 is 3.17 bits per heavy atom. The van der Waals surface area contributed by atoms with E-state index in [1.165, 1.54) is 4.63 Å². The summed E-state index contributed by atoms with van der Waals surface area (Å²) in [7, 11) is 0. The molecule has 0 unspecified atom stereocenters. The predicted octanol–water partition coefficient (Wildman–Crippen LogP) is -0.469. The molecule has 0 aliphatic carbocycles. The largest absolute Gasteiger partial charge is 0.396 e. The second kappa shape index (κ2) is 2.59. The lowest BCUT2D eigenvalue weighted by molar-refractivity contribution is 0.721. The molecule has 2 rings (SSSR count). The van der Waals surface area contributed by atoms with Gasteiger partial charge in [0.15, 0.2) is 0 Å². The number of nitrogen functional groups attached to an aromatic ring is 1. The highest BCUT2D eigenvalue weighted by Crippen LogP contribution is 2.10. The highest BCUT2D eigenvalue weighted by molar-refractivity contribution is 7.79. The van der Waals surface area contributed by atoms with Crippen molar-refractivity contribution in [1.82, 2.24) is 25.3 Å². The summed E-state index contributed by atoms with van der Waals surface area (Å²) in [5.74, 6) is 0.514. The SMILES string of the molecule is Nc1cc(CS)nn2nnnc12. The fourth-order valence-electron chi connectivity index (χ4n) is 0.895. The molecule has 2 heterocycles. The van der Waals surface area contributed by atoms with Crippen molar-refractivity contribution in [2.24, 2.45) is 0 Å². The number of nitrogens with two attached hydrogens (primary N) is 1. The molecule has 0 spiro atoms. The van der Waals surface area contributed by atoms with Crippen LogP contribution in [0.4, 0.5) is 5.69 Å². The van der Waals surface area contributed by atoms with Crippen molar-refractivity contribution in [3.8, 4) is 0 Å². The zero-order valence-electron chi connectivity index (χ0n) is 6.05. The van der Waals surface area contributed by atoms with Crippen LogP contribution in [0.3, 0.4) is 0 Å². The molecule has 0 fully saturated rings. The highest BCUT2D eigenvalue weighted by Gasteiger charge is 2.04. The lowest BCUT2D eigenvalue weighted by Crippen LogP contribution is -2.01. The van der Waals surface area contributed by atoms with Crippen LogP contribution in [0.1, 0.15) is 5.69 Å². The van der Waals surface area contributed by atoms with Crippen molar-refractivity contribution >= 4 is 24.0 Å². The molecule has 0 radical (unpaired) electrons. The molecular weight excluding hydrogens is 176 g/mol. The lowest BCUT2D eigenvalue weighted by Gasteiger charge is -1.97. The Bertz CT molecular complexity index is 409. The topological polar surface area (TPSA) is 82.0 Å². The van der Waals surface area contributed by atoms with Crippen molar-refractivity contribution in [2.75, 3.05) is 5.73 Å². The molecule has 0 saturated carbocycles. The number of rotatable bonds is 1. The maximum absolute atomic E-state index is 5.64. The van der Waals surface area contributed by atoms with E-state index in [1.54, 1.807) is 6.07 Å². The molecule has 12 heavy (non-hydrogen) atoms. The van der Waals surface area contributed by atoms with Crippen LogP contribution in [0.5, 0.6) is 0 Å². The summed E-state index contributed by atoms with van der Waals surface area (Å²) in [5, 5.41) is 14.8. The van der Waals surface area contributed by atoms with E-state index in [2.05, 4.69) is 33.3 Å². The lowest BCUT2D eigenvalue weighted by atomic mass is 10.4. The van der Waals surface area contributed by atoms with Crippen molar-refractivity contribution < 1.29 is 0 Å². The number of fused-ring (bicyclic) bond motifs is 1. The third-order valence-corrected chi connectivity index (χ3v) is 1.74. The van der Waals surface area contributed by atoms with Crippen LogP contribution in [-0.4, -0.2) is 25.3 Å². The molecule has 0 saturated heterocycles. The van der Waals surface area contributed by atoms with Gasteiger partial charge in [0.1, 0.15) is 0 Å². The molecule has 0 aromatic carbocycles. The second-order valence-electron chi connectivity index (χ2n) is 2.24. The summed E-state index contributed by atoms with van der Waals surface area (Å²) in [6.45, 7) is 0. The van der Waals surface area contributed by atoms with Gasteiger partial charge in [0.2, 0.25) is 5.65 Å². The minimum absolute atomic E-state index is 0.473. The fourth-order valence-corrected chi connectivity index (χ4v) is 1.05. The van der Waals surface area contributed by atoms with Crippen molar-refractivity contribution in [1.29, 1.82) is 0 Å². The van der Waals surface area contributed by atoms with Gasteiger partial charge in [0.25, 0.3) is 0 Å². The number of thiol groups is 1. The number of hydrogen-bond acceptors (Lipinski definition) is 6. The molecular formula is C5H6N6S. The summed E-state index contributed by atoms with van der Waals surface area (Å²) in [6.07, 6.45) is 0. The number of hydrogen-bond donors (Lipinski definition) is 2. The zero-order valence-corrected chi connectivity index (χ0v) is 6.94. The molecule has 2 aromatic heterocycles. The fraction of sp³-hybridized carbons (Fsp3) is 0.200. The molecule has 62 valence electrons. The van der Waals surface area contributed by atoms with Crippen LogP contribution in [0.15, 0.2) is 6.07 Å². The molecule has 2 N–H and O–H groups in total. The normalized spacial score (nSPS) is 10.8. The molecule has 7 heteroatoms. The third kappa shape index (κ3) is 0.981. The Morgan fingerprint density at radius 1 is 1.58 bits per heavy atom. The predicted molar refractivity (Wildman–Crippen MR) is 45.7 cm³/mol. The highest BCUT2D eigenvalue weighted by atomic mass is 32.1. The van der Waals surface area contributed by atoms with Gasteiger partial charge < -0.3 is 5.73 Å². The summed E-state index contributed by atoms with van der Waals surface area (Å²) < 4.78 is 1.29. The zero-order chi connectivity index (χ0) is 8.55. The summed E-state index contributed by atoms with van der Waals surface area (Å²) >= 11 is 4.06. The number of nitrogens with zero attached hydrogens (tertiary/aromatic N) is 5. The molecule has 0 amide bonds. The molecule has 6 nitrogen and oxygen atoms in total. The van der Waals surface area contributed by atoms with Gasteiger partial charge >= 0.3 is 0 Å². The van der Waals surface area contributed by atoms with E-state index >= 15 is 0 Å². The van der Waals surface area contributed by atoms with E-state index in [9.17, 15) is 0 Å². The Kier molecular flexibility index (Phi) is 1.58. The van der Waals surface area contributed by atoms with Crippen LogP contribution in [0, 0.1) is 0 Å². The van der Waals surface area contributed by atoms with E-state index in [0.29, 0.717) is 17.1 Å². The maximum Gasteiger partial charge on any atom is 0.222 e. The number of tetrazole rings is 1. The van der Waals surface area contributed by atoms with Crippen LogP contribution >= 0.6 is 12.6 Å². The first-order valence-corrected chi connectivity index (χ1v) is 3.89. The summed E-state index contributed by atoms with van der Waals surface area (Å²) in [5.41, 5.74) is 7.37. The van der Waals surface area contributed by atoms with Gasteiger partial charge in [-0.25, -0.2) is 0 Å².